The number of nitrogens with zero attached hydrogens (tertiary/aromatic N) is 1. The molecule has 2 N–H and O–H groups in total. The summed E-state index contributed by atoms with van der Waals surface area (Å²) < 4.78 is 5.62. The van der Waals surface area contributed by atoms with Crippen molar-refractivity contribution in [3.05, 3.63) is 0 Å². The third-order valence-electron chi connectivity index (χ3n) is 4.76. The smallest absolute Gasteiger partial charge is 0.246 e. The van der Waals surface area contributed by atoms with Gasteiger partial charge in [0.2, 0.25) is 5.91 Å². The fourth-order valence-electron chi connectivity index (χ4n) is 3.13. The Morgan fingerprint density at radius 3 is 2.67 bits per heavy atom. The number of amides is 1. The summed E-state index contributed by atoms with van der Waals surface area (Å²) in [5.41, 5.74) is -0.140. The minimum atomic E-state index is -0.140. The highest BCUT2D eigenvalue weighted by molar-refractivity contribution is 5.77. The molecule has 21 heavy (non-hydrogen) atoms. The summed E-state index contributed by atoms with van der Waals surface area (Å²) >= 11 is 0. The Kier molecular flexibility index (Phi) is 6.45. The normalized spacial score (nSPS) is 22.0. The first-order chi connectivity index (χ1) is 10.1. The molecule has 0 unspecified atom stereocenters. The summed E-state index contributed by atoms with van der Waals surface area (Å²) in [6.07, 6.45) is 7.83. The van der Waals surface area contributed by atoms with Crippen molar-refractivity contribution < 1.29 is 9.53 Å². The standard InChI is InChI=1S/C16H31N3O2/c1-16(12-17-13-16)21-11-15(20)18-9-6-10-19(2)14-7-4-3-5-8-14/h14,17H,3-13H2,1-2H3,(H,18,20). The number of ether oxygens (including phenoxy) is 1. The van der Waals surface area contributed by atoms with Gasteiger partial charge in [-0.1, -0.05) is 19.3 Å². The molecule has 0 spiro atoms. The van der Waals surface area contributed by atoms with E-state index in [1.165, 1.54) is 32.1 Å². The zero-order chi connectivity index (χ0) is 15.1. The lowest BCUT2D eigenvalue weighted by Crippen LogP contribution is -2.59. The van der Waals surface area contributed by atoms with Gasteiger partial charge in [0.15, 0.2) is 0 Å². The van der Waals surface area contributed by atoms with Crippen LogP contribution in [0.1, 0.15) is 45.4 Å². The van der Waals surface area contributed by atoms with Gasteiger partial charge in [0.1, 0.15) is 6.61 Å². The van der Waals surface area contributed by atoms with Gasteiger partial charge in [0.25, 0.3) is 0 Å². The molecule has 5 heteroatoms. The second-order valence-electron chi connectivity index (χ2n) is 6.82. The van der Waals surface area contributed by atoms with Gasteiger partial charge in [-0.2, -0.15) is 0 Å². The lowest BCUT2D eigenvalue weighted by molar-refractivity contribution is -0.135. The van der Waals surface area contributed by atoms with Crippen molar-refractivity contribution in [3.8, 4) is 0 Å². The number of hydrogen-bond acceptors (Lipinski definition) is 4. The first-order valence-electron chi connectivity index (χ1n) is 8.41. The van der Waals surface area contributed by atoms with Crippen molar-refractivity contribution in [2.75, 3.05) is 39.8 Å². The summed E-state index contributed by atoms with van der Waals surface area (Å²) in [6, 6.07) is 0.754. The minimum Gasteiger partial charge on any atom is -0.363 e. The molecule has 0 aromatic rings. The number of nitrogens with one attached hydrogen (secondary N) is 2. The van der Waals surface area contributed by atoms with Gasteiger partial charge >= 0.3 is 0 Å². The Labute approximate surface area is 128 Å². The molecule has 2 rings (SSSR count). The molecule has 0 atom stereocenters. The van der Waals surface area contributed by atoms with Crippen LogP contribution in [-0.4, -0.2) is 62.3 Å². The van der Waals surface area contributed by atoms with Crippen LogP contribution in [-0.2, 0) is 9.53 Å². The van der Waals surface area contributed by atoms with E-state index < -0.39 is 0 Å². The van der Waals surface area contributed by atoms with Crippen molar-refractivity contribution in [1.29, 1.82) is 0 Å². The van der Waals surface area contributed by atoms with Crippen LogP contribution >= 0.6 is 0 Å². The van der Waals surface area contributed by atoms with Crippen molar-refractivity contribution in [3.63, 3.8) is 0 Å². The van der Waals surface area contributed by atoms with Crippen LogP contribution in [0.5, 0.6) is 0 Å². The van der Waals surface area contributed by atoms with E-state index in [9.17, 15) is 4.79 Å². The Morgan fingerprint density at radius 2 is 2.05 bits per heavy atom. The molecule has 1 heterocycles. The third-order valence-corrected chi connectivity index (χ3v) is 4.76. The zero-order valence-electron chi connectivity index (χ0n) is 13.6. The summed E-state index contributed by atoms with van der Waals surface area (Å²) in [5, 5.41) is 6.11. The Bertz CT molecular complexity index is 325. The highest BCUT2D eigenvalue weighted by Gasteiger charge is 2.32. The first-order valence-corrected chi connectivity index (χ1v) is 8.41. The van der Waals surface area contributed by atoms with Crippen molar-refractivity contribution in [2.24, 2.45) is 0 Å². The van der Waals surface area contributed by atoms with Crippen LogP contribution in [0, 0.1) is 0 Å². The van der Waals surface area contributed by atoms with E-state index in [0.717, 1.165) is 38.6 Å². The molecule has 2 fully saturated rings. The third kappa shape index (κ3) is 5.57. The molecule has 0 aromatic heterocycles. The summed E-state index contributed by atoms with van der Waals surface area (Å²) in [6.45, 7) is 5.70. The second-order valence-corrected chi connectivity index (χ2v) is 6.82. The molecule has 2 aliphatic rings. The van der Waals surface area contributed by atoms with Crippen LogP contribution in [0.4, 0.5) is 0 Å². The van der Waals surface area contributed by atoms with Gasteiger partial charge in [-0.25, -0.2) is 0 Å². The van der Waals surface area contributed by atoms with E-state index >= 15 is 0 Å². The first kappa shape index (κ1) is 16.7. The monoisotopic (exact) mass is 297 g/mol. The van der Waals surface area contributed by atoms with Gasteiger partial charge < -0.3 is 20.3 Å². The number of hydrogen-bond donors (Lipinski definition) is 2. The predicted octanol–water partition coefficient (Wildman–Crippen LogP) is 1.14. The largest absolute Gasteiger partial charge is 0.363 e. The molecule has 5 nitrogen and oxygen atoms in total. The van der Waals surface area contributed by atoms with E-state index in [4.69, 9.17) is 4.74 Å². The SMILES string of the molecule is CN(CCCNC(=O)COC1(C)CNC1)C1CCCCC1. The van der Waals surface area contributed by atoms with Crippen molar-refractivity contribution in [2.45, 2.75) is 57.1 Å². The zero-order valence-corrected chi connectivity index (χ0v) is 13.6. The maximum atomic E-state index is 11.7. The number of rotatable bonds is 8. The summed E-state index contributed by atoms with van der Waals surface area (Å²) in [4.78, 5) is 14.2. The molecule has 1 aliphatic heterocycles. The maximum absolute atomic E-state index is 11.7. The molecule has 1 saturated carbocycles. The van der Waals surface area contributed by atoms with Crippen LogP contribution in [0.25, 0.3) is 0 Å². The van der Waals surface area contributed by atoms with Gasteiger partial charge in [-0.3, -0.25) is 4.79 Å². The lowest BCUT2D eigenvalue weighted by Gasteiger charge is -2.38. The quantitative estimate of drug-likeness (QED) is 0.660. The molecule has 1 aliphatic carbocycles. The second kappa shape index (κ2) is 8.11. The van der Waals surface area contributed by atoms with Crippen LogP contribution in [0.2, 0.25) is 0 Å². The topological polar surface area (TPSA) is 53.6 Å². The van der Waals surface area contributed by atoms with Crippen LogP contribution in [0.3, 0.4) is 0 Å². The molecule has 0 radical (unpaired) electrons. The Morgan fingerprint density at radius 1 is 1.33 bits per heavy atom. The molecular formula is C16H31N3O2. The predicted molar refractivity (Wildman–Crippen MR) is 84.4 cm³/mol. The fourth-order valence-corrected chi connectivity index (χ4v) is 3.13. The molecule has 0 bridgehead atoms. The van der Waals surface area contributed by atoms with Gasteiger partial charge in [0.05, 0.1) is 5.60 Å². The van der Waals surface area contributed by atoms with E-state index in [2.05, 4.69) is 22.6 Å². The molecule has 122 valence electrons. The van der Waals surface area contributed by atoms with E-state index in [1.807, 2.05) is 6.92 Å². The summed E-state index contributed by atoms with van der Waals surface area (Å²) in [5.74, 6) is 0.00319. The van der Waals surface area contributed by atoms with E-state index in [-0.39, 0.29) is 18.1 Å². The average molecular weight is 297 g/mol. The summed E-state index contributed by atoms with van der Waals surface area (Å²) in [7, 11) is 2.21. The van der Waals surface area contributed by atoms with Gasteiger partial charge in [0, 0.05) is 25.7 Å². The lowest BCUT2D eigenvalue weighted by atomic mass is 9.94. The molecule has 1 saturated heterocycles. The number of carbonyl (C=O) groups is 1. The Balaban J connectivity index is 1.49. The molecule has 1 amide bonds. The van der Waals surface area contributed by atoms with Gasteiger partial charge in [-0.05, 0) is 39.8 Å². The molecular weight excluding hydrogens is 266 g/mol. The van der Waals surface area contributed by atoms with E-state index in [0.29, 0.717) is 0 Å². The van der Waals surface area contributed by atoms with Crippen LogP contribution < -0.4 is 10.6 Å². The minimum absolute atomic E-state index is 0.00319. The molecule has 0 aromatic carbocycles. The van der Waals surface area contributed by atoms with Crippen molar-refractivity contribution in [1.82, 2.24) is 15.5 Å². The number of carbonyl (C=O) groups excluding carboxylic acids is 1. The fraction of sp³-hybridized carbons (Fsp3) is 0.938. The van der Waals surface area contributed by atoms with Gasteiger partial charge in [-0.15, -0.1) is 0 Å². The van der Waals surface area contributed by atoms with Crippen LogP contribution in [0.15, 0.2) is 0 Å². The highest BCUT2D eigenvalue weighted by Crippen LogP contribution is 2.21. The van der Waals surface area contributed by atoms with E-state index in [1.54, 1.807) is 0 Å². The highest BCUT2D eigenvalue weighted by atomic mass is 16.5. The average Bonchev–Trinajstić information content (AvgIpc) is 2.48. The maximum Gasteiger partial charge on any atom is 0.246 e. The Hall–Kier alpha value is -0.650. The van der Waals surface area contributed by atoms with Crippen molar-refractivity contribution >= 4 is 5.91 Å².